The third kappa shape index (κ3) is 7.16. The molecule has 2 atom stereocenters. The Kier molecular flexibility index (Phi) is 9.99. The van der Waals surface area contributed by atoms with E-state index in [4.69, 9.17) is 32.7 Å². The number of amides is 2. The van der Waals surface area contributed by atoms with Crippen LogP contribution in [0.3, 0.4) is 0 Å². The molecule has 1 aliphatic carbocycles. The summed E-state index contributed by atoms with van der Waals surface area (Å²) in [7, 11) is 1.72. The standard InChI is InChI=1S/C33H37Cl2N3O6S/c1-43-24-15-37(16-24)21-12-22(17-44-23-8-6-19(7-9-23)33(41)42)38(14-21)31(39)11-20-10-28(35)29(13-27(20)34)36-32(40)26-18-45-30-5-3-2-4-25(26)30/h2-5,10,13,18-19,21-24H,6-9,11-12,14-17H2,1H3,(H,36,40)(H,41,42)/t19-,21-,22?,23-/m0/s1. The van der Waals surface area contributed by atoms with Crippen molar-refractivity contribution in [1.29, 1.82) is 0 Å². The quantitative estimate of drug-likeness (QED) is 0.273. The fraction of sp³-hybridized carbons (Fsp3) is 0.485. The van der Waals surface area contributed by atoms with E-state index in [1.165, 1.54) is 11.3 Å². The van der Waals surface area contributed by atoms with Gasteiger partial charge in [0.2, 0.25) is 5.91 Å². The van der Waals surface area contributed by atoms with Gasteiger partial charge in [-0.1, -0.05) is 41.4 Å². The summed E-state index contributed by atoms with van der Waals surface area (Å²) in [5, 5.41) is 15.5. The van der Waals surface area contributed by atoms with Crippen molar-refractivity contribution < 1.29 is 29.0 Å². The number of methoxy groups -OCH3 is 1. The highest BCUT2D eigenvalue weighted by atomic mass is 35.5. The molecule has 1 aromatic heterocycles. The van der Waals surface area contributed by atoms with E-state index in [0.29, 0.717) is 65.7 Å². The molecule has 0 bridgehead atoms. The number of rotatable bonds is 10. The van der Waals surface area contributed by atoms with Gasteiger partial charge in [-0.15, -0.1) is 11.3 Å². The lowest BCUT2D eigenvalue weighted by Gasteiger charge is -2.42. The second kappa shape index (κ2) is 13.9. The van der Waals surface area contributed by atoms with E-state index in [9.17, 15) is 19.5 Å². The van der Waals surface area contributed by atoms with Crippen molar-refractivity contribution in [2.24, 2.45) is 5.92 Å². The summed E-state index contributed by atoms with van der Waals surface area (Å²) in [6, 6.07) is 11.1. The Morgan fingerprint density at radius 1 is 1.02 bits per heavy atom. The number of halogens is 2. The smallest absolute Gasteiger partial charge is 0.306 e. The molecular formula is C33H37Cl2N3O6S. The van der Waals surface area contributed by atoms with Gasteiger partial charge in [0.05, 0.1) is 53.5 Å². The average Bonchev–Trinajstić information content (AvgIpc) is 3.63. The van der Waals surface area contributed by atoms with Crippen LogP contribution in [-0.4, -0.2) is 90.3 Å². The van der Waals surface area contributed by atoms with Gasteiger partial charge in [0.15, 0.2) is 0 Å². The summed E-state index contributed by atoms with van der Waals surface area (Å²) < 4.78 is 12.8. The molecule has 3 heterocycles. The van der Waals surface area contributed by atoms with E-state index < -0.39 is 5.97 Å². The first-order valence-corrected chi connectivity index (χ1v) is 17.0. The molecule has 3 aliphatic rings. The molecule has 240 valence electrons. The summed E-state index contributed by atoms with van der Waals surface area (Å²) in [4.78, 5) is 42.5. The van der Waals surface area contributed by atoms with E-state index >= 15 is 0 Å². The van der Waals surface area contributed by atoms with Gasteiger partial charge in [0, 0.05) is 53.3 Å². The fourth-order valence-electron chi connectivity index (χ4n) is 6.69. The maximum atomic E-state index is 13.8. The van der Waals surface area contributed by atoms with Crippen molar-refractivity contribution in [2.45, 2.75) is 62.8 Å². The van der Waals surface area contributed by atoms with E-state index in [-0.39, 0.29) is 48.4 Å². The lowest BCUT2D eigenvalue weighted by Crippen LogP contribution is -2.56. The topological polar surface area (TPSA) is 108 Å². The zero-order chi connectivity index (χ0) is 31.7. The van der Waals surface area contributed by atoms with Gasteiger partial charge < -0.3 is 24.8 Å². The van der Waals surface area contributed by atoms with Crippen LogP contribution in [0, 0.1) is 5.92 Å². The van der Waals surface area contributed by atoms with Crippen LogP contribution in [0.25, 0.3) is 10.1 Å². The van der Waals surface area contributed by atoms with Crippen LogP contribution < -0.4 is 5.32 Å². The monoisotopic (exact) mass is 673 g/mol. The number of hydrogen-bond acceptors (Lipinski definition) is 7. The van der Waals surface area contributed by atoms with Crippen LogP contribution in [-0.2, 0) is 25.5 Å². The number of fused-ring (bicyclic) bond motifs is 1. The minimum absolute atomic E-state index is 0.00144. The number of carboxylic acids is 1. The lowest BCUT2D eigenvalue weighted by atomic mass is 9.87. The molecule has 45 heavy (non-hydrogen) atoms. The first-order chi connectivity index (χ1) is 21.7. The molecule has 1 saturated carbocycles. The van der Waals surface area contributed by atoms with Crippen LogP contribution in [0.5, 0.6) is 0 Å². The molecule has 3 aromatic rings. The lowest BCUT2D eigenvalue weighted by molar-refractivity contribution is -0.144. The third-order valence-corrected chi connectivity index (χ3v) is 11.1. The van der Waals surface area contributed by atoms with E-state index in [0.717, 1.165) is 29.6 Å². The third-order valence-electron chi connectivity index (χ3n) is 9.44. The molecule has 12 heteroatoms. The minimum atomic E-state index is -0.738. The number of thiophene rings is 1. The maximum Gasteiger partial charge on any atom is 0.306 e. The molecule has 2 saturated heterocycles. The number of carbonyl (C=O) groups excluding carboxylic acids is 2. The Hall–Kier alpha value is -2.73. The summed E-state index contributed by atoms with van der Waals surface area (Å²) in [6.07, 6.45) is 3.72. The van der Waals surface area contributed by atoms with Crippen LogP contribution >= 0.6 is 34.5 Å². The highest BCUT2D eigenvalue weighted by Gasteiger charge is 2.42. The van der Waals surface area contributed by atoms with Crippen molar-refractivity contribution >= 4 is 68.1 Å². The zero-order valence-corrected chi connectivity index (χ0v) is 27.4. The van der Waals surface area contributed by atoms with Crippen molar-refractivity contribution in [1.82, 2.24) is 9.80 Å². The molecule has 9 nitrogen and oxygen atoms in total. The number of likely N-dealkylation sites (tertiary alicyclic amines) is 2. The molecule has 2 N–H and O–H groups in total. The van der Waals surface area contributed by atoms with E-state index in [1.54, 1.807) is 19.2 Å². The summed E-state index contributed by atoms with van der Waals surface area (Å²) in [6.45, 7) is 2.67. The molecule has 0 spiro atoms. The Morgan fingerprint density at radius 2 is 1.78 bits per heavy atom. The molecule has 3 fully saturated rings. The van der Waals surface area contributed by atoms with Gasteiger partial charge >= 0.3 is 5.97 Å². The summed E-state index contributed by atoms with van der Waals surface area (Å²) in [5.74, 6) is -1.38. The molecule has 6 rings (SSSR count). The normalized spacial score (nSPS) is 24.1. The van der Waals surface area contributed by atoms with Crippen molar-refractivity contribution in [3.63, 3.8) is 0 Å². The van der Waals surface area contributed by atoms with Crippen LogP contribution in [0.2, 0.25) is 10.0 Å². The number of hydrogen-bond donors (Lipinski definition) is 2. The van der Waals surface area contributed by atoms with E-state index in [1.807, 2.05) is 34.5 Å². The van der Waals surface area contributed by atoms with Gasteiger partial charge in [-0.3, -0.25) is 19.3 Å². The first-order valence-electron chi connectivity index (χ1n) is 15.4. The number of anilines is 1. The van der Waals surface area contributed by atoms with Gasteiger partial charge in [0.1, 0.15) is 0 Å². The van der Waals surface area contributed by atoms with Crippen LogP contribution in [0.15, 0.2) is 41.8 Å². The number of nitrogens with zero attached hydrogens (tertiary/aromatic N) is 2. The number of benzene rings is 2. The first kappa shape index (κ1) is 32.2. The van der Waals surface area contributed by atoms with Gasteiger partial charge in [-0.2, -0.15) is 0 Å². The number of carboxylic acid groups (broad SMARTS) is 1. The van der Waals surface area contributed by atoms with E-state index in [2.05, 4.69) is 10.2 Å². The number of nitrogens with one attached hydrogen (secondary N) is 1. The second-order valence-corrected chi connectivity index (χ2v) is 14.0. The average molecular weight is 675 g/mol. The summed E-state index contributed by atoms with van der Waals surface area (Å²) in [5.41, 5.74) is 1.53. The Labute approximate surface area is 276 Å². The second-order valence-electron chi connectivity index (χ2n) is 12.2. The predicted octanol–water partition coefficient (Wildman–Crippen LogP) is 5.96. The molecular weight excluding hydrogens is 637 g/mol. The number of aliphatic carboxylic acids is 1. The highest BCUT2D eigenvalue weighted by molar-refractivity contribution is 7.17. The largest absolute Gasteiger partial charge is 0.481 e. The fourth-order valence-corrected chi connectivity index (χ4v) is 8.09. The highest BCUT2D eigenvalue weighted by Crippen LogP contribution is 2.34. The SMILES string of the molecule is COC1CN([C@H]2CC(CO[C@H]3CC[C@H](C(=O)O)CC3)N(C(=O)Cc3cc(Cl)c(NC(=O)c4csc5ccccc45)cc3Cl)C2)C1. The Balaban J connectivity index is 1.11. The number of carbonyl (C=O) groups is 3. The van der Waals surface area contributed by atoms with Crippen molar-refractivity contribution in [3.05, 3.63) is 63.0 Å². The minimum Gasteiger partial charge on any atom is -0.481 e. The van der Waals surface area contributed by atoms with Crippen LogP contribution in [0.1, 0.15) is 48.0 Å². The van der Waals surface area contributed by atoms with Crippen LogP contribution in [0.4, 0.5) is 5.69 Å². The van der Waals surface area contributed by atoms with Gasteiger partial charge in [0.25, 0.3) is 5.91 Å². The van der Waals surface area contributed by atoms with Crippen molar-refractivity contribution in [3.8, 4) is 0 Å². The molecule has 1 unspecified atom stereocenters. The molecule has 2 amide bonds. The summed E-state index contributed by atoms with van der Waals surface area (Å²) >= 11 is 14.8. The molecule has 2 aromatic carbocycles. The zero-order valence-electron chi connectivity index (χ0n) is 25.0. The van der Waals surface area contributed by atoms with Gasteiger partial charge in [-0.05, 0) is 55.9 Å². The van der Waals surface area contributed by atoms with Gasteiger partial charge in [-0.25, -0.2) is 0 Å². The number of ether oxygens (including phenoxy) is 2. The Morgan fingerprint density at radius 3 is 2.51 bits per heavy atom. The van der Waals surface area contributed by atoms with Crippen molar-refractivity contribution in [2.75, 3.05) is 38.7 Å². The molecule has 2 aliphatic heterocycles. The Bertz CT molecular complexity index is 1570. The maximum absolute atomic E-state index is 13.8. The molecule has 0 radical (unpaired) electrons. The predicted molar refractivity (Wildman–Crippen MR) is 176 cm³/mol.